The van der Waals surface area contributed by atoms with Crippen molar-refractivity contribution < 1.29 is 0 Å². The third-order valence-electron chi connectivity index (χ3n) is 2.32. The quantitative estimate of drug-likeness (QED) is 0.567. The van der Waals surface area contributed by atoms with Crippen molar-refractivity contribution in [1.29, 1.82) is 0 Å². The molecule has 0 aliphatic heterocycles. The van der Waals surface area contributed by atoms with E-state index in [0.717, 1.165) is 25.4 Å². The first kappa shape index (κ1) is 13.0. The molecule has 0 aromatic heterocycles. The molecule has 0 unspecified atom stereocenters. The largest absolute Gasteiger partial charge is 0.302 e. The van der Waals surface area contributed by atoms with E-state index in [-0.39, 0.29) is 0 Å². The summed E-state index contributed by atoms with van der Waals surface area (Å²) in [4.78, 5) is 2.33. The Morgan fingerprint density at radius 1 is 1.27 bits per heavy atom. The smallest absolute Gasteiger partial charge is 0.0241 e. The van der Waals surface area contributed by atoms with E-state index in [0.29, 0.717) is 0 Å². The first-order chi connectivity index (χ1) is 7.24. The van der Waals surface area contributed by atoms with Crippen LogP contribution in [-0.4, -0.2) is 24.4 Å². The van der Waals surface area contributed by atoms with Gasteiger partial charge in [-0.1, -0.05) is 34.1 Å². The standard InChI is InChI=1S/C12H17BrClN/c1-15(9-5-4-8-14)10-11-6-2-3-7-12(11)13/h2-3,6-7H,4-5,8-10H2,1H3. The molecule has 0 aliphatic carbocycles. The second kappa shape index (κ2) is 7.26. The zero-order chi connectivity index (χ0) is 11.1. The van der Waals surface area contributed by atoms with Crippen LogP contribution in [0.25, 0.3) is 0 Å². The molecule has 0 N–H and O–H groups in total. The minimum Gasteiger partial charge on any atom is -0.302 e. The fraction of sp³-hybridized carbons (Fsp3) is 0.500. The highest BCUT2D eigenvalue weighted by molar-refractivity contribution is 9.10. The molecule has 1 aromatic carbocycles. The van der Waals surface area contributed by atoms with Crippen LogP contribution in [-0.2, 0) is 6.54 Å². The monoisotopic (exact) mass is 289 g/mol. The van der Waals surface area contributed by atoms with Gasteiger partial charge in [-0.2, -0.15) is 0 Å². The lowest BCUT2D eigenvalue weighted by Gasteiger charge is -2.17. The molecule has 0 fully saturated rings. The fourth-order valence-corrected chi connectivity index (χ4v) is 2.07. The van der Waals surface area contributed by atoms with Crippen LogP contribution < -0.4 is 0 Å². The van der Waals surface area contributed by atoms with E-state index in [9.17, 15) is 0 Å². The molecule has 0 radical (unpaired) electrons. The van der Waals surface area contributed by atoms with E-state index in [4.69, 9.17) is 11.6 Å². The average Bonchev–Trinajstić information content (AvgIpc) is 2.22. The number of nitrogens with zero attached hydrogens (tertiary/aromatic N) is 1. The number of alkyl halides is 1. The number of unbranched alkanes of at least 4 members (excludes halogenated alkanes) is 1. The van der Waals surface area contributed by atoms with Crippen LogP contribution in [0.1, 0.15) is 18.4 Å². The van der Waals surface area contributed by atoms with Gasteiger partial charge in [-0.3, -0.25) is 0 Å². The van der Waals surface area contributed by atoms with Crippen molar-refractivity contribution in [2.24, 2.45) is 0 Å². The van der Waals surface area contributed by atoms with E-state index in [1.165, 1.54) is 16.5 Å². The van der Waals surface area contributed by atoms with Crippen molar-refractivity contribution in [3.05, 3.63) is 34.3 Å². The predicted molar refractivity (Wildman–Crippen MR) is 70.4 cm³/mol. The Bertz CT molecular complexity index is 291. The van der Waals surface area contributed by atoms with Gasteiger partial charge in [-0.15, -0.1) is 11.6 Å². The molecule has 0 atom stereocenters. The lowest BCUT2D eigenvalue weighted by Crippen LogP contribution is -2.19. The highest BCUT2D eigenvalue weighted by Crippen LogP contribution is 2.17. The Morgan fingerprint density at radius 2 is 2.00 bits per heavy atom. The van der Waals surface area contributed by atoms with Crippen molar-refractivity contribution in [3.8, 4) is 0 Å². The average molecular weight is 291 g/mol. The summed E-state index contributed by atoms with van der Waals surface area (Å²) in [6.45, 7) is 2.10. The summed E-state index contributed by atoms with van der Waals surface area (Å²) in [6, 6.07) is 8.36. The van der Waals surface area contributed by atoms with Gasteiger partial charge in [0.25, 0.3) is 0 Å². The molecule has 3 heteroatoms. The maximum absolute atomic E-state index is 5.64. The molecule has 0 aliphatic rings. The van der Waals surface area contributed by atoms with Crippen LogP contribution in [0.4, 0.5) is 0 Å². The van der Waals surface area contributed by atoms with Crippen LogP contribution in [0.3, 0.4) is 0 Å². The van der Waals surface area contributed by atoms with Gasteiger partial charge in [0.1, 0.15) is 0 Å². The fourth-order valence-electron chi connectivity index (χ4n) is 1.47. The summed E-state index contributed by atoms with van der Waals surface area (Å²) >= 11 is 9.20. The van der Waals surface area contributed by atoms with E-state index in [1.54, 1.807) is 0 Å². The number of hydrogen-bond donors (Lipinski definition) is 0. The molecule has 0 heterocycles. The Hall–Kier alpha value is -0.0500. The van der Waals surface area contributed by atoms with Gasteiger partial charge in [-0.25, -0.2) is 0 Å². The van der Waals surface area contributed by atoms with E-state index < -0.39 is 0 Å². The molecular weight excluding hydrogens is 273 g/mol. The summed E-state index contributed by atoms with van der Waals surface area (Å²) in [5, 5.41) is 0. The third kappa shape index (κ3) is 5.01. The normalized spacial score (nSPS) is 10.9. The van der Waals surface area contributed by atoms with Crippen LogP contribution in [0.5, 0.6) is 0 Å². The zero-order valence-corrected chi connectivity index (χ0v) is 11.4. The van der Waals surface area contributed by atoms with E-state index >= 15 is 0 Å². The molecule has 1 aromatic rings. The molecule has 1 rings (SSSR count). The molecule has 84 valence electrons. The third-order valence-corrected chi connectivity index (χ3v) is 3.36. The minimum atomic E-state index is 0.767. The maximum atomic E-state index is 5.64. The van der Waals surface area contributed by atoms with Crippen LogP contribution in [0.2, 0.25) is 0 Å². The molecule has 0 spiro atoms. The van der Waals surface area contributed by atoms with Gasteiger partial charge in [0.05, 0.1) is 0 Å². The Kier molecular flexibility index (Phi) is 6.30. The lowest BCUT2D eigenvalue weighted by atomic mass is 10.2. The minimum absolute atomic E-state index is 0.767. The second-order valence-corrected chi connectivity index (χ2v) is 4.96. The van der Waals surface area contributed by atoms with Crippen molar-refractivity contribution in [1.82, 2.24) is 4.90 Å². The SMILES string of the molecule is CN(CCCCCl)Cc1ccccc1Br. The second-order valence-electron chi connectivity index (χ2n) is 3.73. The highest BCUT2D eigenvalue weighted by Gasteiger charge is 2.02. The van der Waals surface area contributed by atoms with Crippen molar-refractivity contribution >= 4 is 27.5 Å². The molecular formula is C12H17BrClN. The first-order valence-corrected chi connectivity index (χ1v) is 6.54. The summed E-state index contributed by atoms with van der Waals surface area (Å²) in [6.07, 6.45) is 2.27. The lowest BCUT2D eigenvalue weighted by molar-refractivity contribution is 0.320. The molecule has 0 bridgehead atoms. The summed E-state index contributed by atoms with van der Waals surface area (Å²) in [5.74, 6) is 0.767. The topological polar surface area (TPSA) is 3.24 Å². The molecule has 15 heavy (non-hydrogen) atoms. The molecule has 1 nitrogen and oxygen atoms in total. The van der Waals surface area contributed by atoms with Crippen LogP contribution in [0, 0.1) is 0 Å². The predicted octanol–water partition coefficient (Wildman–Crippen LogP) is 3.90. The van der Waals surface area contributed by atoms with E-state index in [2.05, 4.69) is 46.1 Å². The Balaban J connectivity index is 2.37. The molecule has 0 saturated carbocycles. The van der Waals surface area contributed by atoms with Gasteiger partial charge in [0.2, 0.25) is 0 Å². The van der Waals surface area contributed by atoms with Gasteiger partial charge in [0, 0.05) is 16.9 Å². The van der Waals surface area contributed by atoms with E-state index in [1.807, 2.05) is 6.07 Å². The van der Waals surface area contributed by atoms with Crippen molar-refractivity contribution in [2.45, 2.75) is 19.4 Å². The van der Waals surface area contributed by atoms with Gasteiger partial charge >= 0.3 is 0 Å². The molecule has 0 saturated heterocycles. The Labute approximate surface area is 106 Å². The molecule has 0 amide bonds. The Morgan fingerprint density at radius 3 is 2.67 bits per heavy atom. The number of rotatable bonds is 6. The van der Waals surface area contributed by atoms with Gasteiger partial charge < -0.3 is 4.90 Å². The van der Waals surface area contributed by atoms with Crippen molar-refractivity contribution in [3.63, 3.8) is 0 Å². The zero-order valence-electron chi connectivity index (χ0n) is 9.05. The highest BCUT2D eigenvalue weighted by atomic mass is 79.9. The maximum Gasteiger partial charge on any atom is 0.0241 e. The van der Waals surface area contributed by atoms with Gasteiger partial charge in [-0.05, 0) is 38.1 Å². The number of benzene rings is 1. The van der Waals surface area contributed by atoms with Gasteiger partial charge in [0.15, 0.2) is 0 Å². The van der Waals surface area contributed by atoms with Crippen LogP contribution >= 0.6 is 27.5 Å². The first-order valence-electron chi connectivity index (χ1n) is 5.22. The van der Waals surface area contributed by atoms with Crippen LogP contribution in [0.15, 0.2) is 28.7 Å². The summed E-state index contributed by atoms with van der Waals surface area (Å²) in [5.41, 5.74) is 1.34. The van der Waals surface area contributed by atoms with Crippen molar-refractivity contribution in [2.75, 3.05) is 19.5 Å². The summed E-state index contributed by atoms with van der Waals surface area (Å²) in [7, 11) is 2.15. The summed E-state index contributed by atoms with van der Waals surface area (Å²) < 4.78 is 1.19. The number of hydrogen-bond acceptors (Lipinski definition) is 1. The number of halogens is 2.